The molecule has 142 heavy (non-hydrogen) atoms. The number of carbonyl (C=O) groups is 18. The van der Waals surface area contributed by atoms with Crippen LogP contribution in [0.2, 0.25) is 0 Å². The van der Waals surface area contributed by atoms with Crippen LogP contribution in [-0.2, 0) is 99.0 Å². The summed E-state index contributed by atoms with van der Waals surface area (Å²) in [5.41, 5.74) is 8.28. The molecule has 0 radical (unpaired) electrons. The summed E-state index contributed by atoms with van der Waals surface area (Å²) in [6.07, 6.45) is 9.06. The molecule has 0 saturated carbocycles. The summed E-state index contributed by atoms with van der Waals surface area (Å²) in [5, 5.41) is 68.0. The molecule has 2 unspecified atom stereocenters. The van der Waals surface area contributed by atoms with Crippen molar-refractivity contribution >= 4 is 164 Å². The average molecular weight is 2230 g/mol. The van der Waals surface area contributed by atoms with Gasteiger partial charge in [0.1, 0.15) is 69.9 Å². The fraction of sp³-hybridized carbons (Fsp3) is 0.673. The predicted octanol–water partition coefficient (Wildman–Crippen LogP) is 13.4. The van der Waals surface area contributed by atoms with Gasteiger partial charge in [0.2, 0.25) is 29.6 Å². The second-order valence-electron chi connectivity index (χ2n) is 40.3. The SMILES string of the molecule is CC(C)(C)OC(=O)CC[C@H](NC(=O)N[C@@H](CCCCNC(=O)CCCCCCC(=O)NC(CCCCCC(=O)c1ccc(CN(C(=N)NC(=O)OC(C)(C)C)C(=O)OC(C)(C)C)c(I)c1)C(=O)OC(C)(C)C)C(=O)OC(C)(C)C)C(=O)OC(C)(C)C.NC(N)=NCc1ccc(C(=O)CCCCCC(NC(=O)CCCCCCC(=O)NCCCC[C@H](NC(=O)N[C@@H](CCC(=O)O)C(=O)O)C(=O)O)C(=O)O)cc1I. The Kier molecular flexibility index (Phi) is 59.2. The normalized spacial score (nSPS) is 12.8. The van der Waals surface area contributed by atoms with Gasteiger partial charge in [-0.25, -0.2) is 57.8 Å². The molecule has 0 saturated heterocycles. The molecule has 0 spiro atoms. The number of ketones is 2. The molecule has 2 rings (SSSR count). The number of unbranched alkanes of at least 4 members (excludes halogenated alkanes) is 12. The summed E-state index contributed by atoms with van der Waals surface area (Å²) < 4.78 is 34.3. The number of carboxylic acids is 4. The van der Waals surface area contributed by atoms with Crippen molar-refractivity contribution in [2.75, 3.05) is 13.1 Å². The van der Waals surface area contributed by atoms with Crippen molar-refractivity contribution in [1.29, 1.82) is 5.41 Å². The molecule has 0 fully saturated rings. The maximum absolute atomic E-state index is 13.3. The number of hydrogen-bond acceptors (Lipinski definition) is 26. The first kappa shape index (κ1) is 129. The van der Waals surface area contributed by atoms with Crippen LogP contribution < -0.4 is 59.3 Å². The largest absolute Gasteiger partial charge is 0.481 e. The molecule has 0 aliphatic heterocycles. The summed E-state index contributed by atoms with van der Waals surface area (Å²) in [6, 6.07) is 1.40. The molecular weight excluding hydrogens is 2070 g/mol. The number of hydrogen-bond donors (Lipinski definition) is 16. The number of guanidine groups is 2. The molecule has 0 aliphatic carbocycles. The van der Waals surface area contributed by atoms with Gasteiger partial charge in [-0.1, -0.05) is 75.6 Å². The Labute approximate surface area is 860 Å². The molecule has 2 aromatic rings. The molecule has 6 atom stereocenters. The van der Waals surface area contributed by atoms with E-state index < -0.39 is 154 Å². The minimum atomic E-state index is -1.50. The second-order valence-corrected chi connectivity index (χ2v) is 42.6. The first-order chi connectivity index (χ1) is 65.8. The summed E-state index contributed by atoms with van der Waals surface area (Å²) in [5.74, 6) is -9.44. The van der Waals surface area contributed by atoms with E-state index >= 15 is 0 Å². The van der Waals surface area contributed by atoms with E-state index in [0.717, 1.165) is 14.0 Å². The van der Waals surface area contributed by atoms with Gasteiger partial charge >= 0.3 is 72.0 Å². The van der Waals surface area contributed by atoms with Crippen LogP contribution in [0.25, 0.3) is 0 Å². The number of nitrogens with two attached hydrogens (primary N) is 2. The zero-order chi connectivity index (χ0) is 108. The zero-order valence-electron chi connectivity index (χ0n) is 85.8. The first-order valence-corrected chi connectivity index (χ1v) is 50.3. The van der Waals surface area contributed by atoms with E-state index in [1.807, 2.05) is 6.07 Å². The van der Waals surface area contributed by atoms with Crippen LogP contribution in [0.1, 0.15) is 362 Å². The van der Waals surface area contributed by atoms with Gasteiger partial charge in [0.15, 0.2) is 17.5 Å². The third-order valence-corrected chi connectivity index (χ3v) is 22.0. The minimum Gasteiger partial charge on any atom is -0.481 e. The molecule has 0 aromatic heterocycles. The van der Waals surface area contributed by atoms with Crippen molar-refractivity contribution in [3.63, 3.8) is 0 Å². The summed E-state index contributed by atoms with van der Waals surface area (Å²) in [7, 11) is 0. The summed E-state index contributed by atoms with van der Waals surface area (Å²) in [4.78, 5) is 229. The van der Waals surface area contributed by atoms with Crippen molar-refractivity contribution in [3.05, 3.63) is 65.8 Å². The Bertz CT molecular complexity index is 4540. The number of nitrogens with zero attached hydrogens (tertiary/aromatic N) is 2. The van der Waals surface area contributed by atoms with Crippen LogP contribution in [0, 0.1) is 12.5 Å². The minimum absolute atomic E-state index is 0.00940. The van der Waals surface area contributed by atoms with E-state index in [1.54, 1.807) is 155 Å². The zero-order valence-corrected chi connectivity index (χ0v) is 90.1. The lowest BCUT2D eigenvalue weighted by Crippen LogP contribution is -2.53. The number of aliphatic imine (C=N–C) groups is 1. The number of nitrogens with one attached hydrogen (secondary N) is 10. The molecule has 10 amide bonds. The van der Waals surface area contributed by atoms with Crippen LogP contribution in [-0.4, -0.2) is 227 Å². The number of carboxylic acid groups (broad SMARTS) is 4. The number of rotatable bonds is 60. The van der Waals surface area contributed by atoms with Crippen LogP contribution >= 0.6 is 45.2 Å². The number of Topliss-reactive ketones (excluding diaryl/α,β-unsaturated/α-hetero) is 2. The standard InChI is InChI=1S/C62H102IN7O16.C36H54IN7O12/c1-57(2,3)81-49(74)36-35-45(52(77)84-60(10,11)12)68-54(78)67-44(51(76)83-59(7,8)9)29-26-27-37-65-47(72)31-24-19-20-25-32-48(73)66-43(50(75)82-58(4,5)6)28-22-21-23-30-46(71)40-33-34-41(42(63)38-40)39-70(56(80)86-62(16,17)18)53(64)69-55(79)85-61(13,14)15;37-24-20-22(15-16-23(24)21-41-35(38)39)28(45)12-5-3-4-10-25(32(50)51)42-30(47)14-7-2-1-6-13-29(46)40-19-9-8-11-26(33(52)53)43-36(56)44-27(34(54)55)17-18-31(48)49/h33-34,38,43-45H,19-32,35-37,39H2,1-18H3,(H,65,72)(H,66,73)(H2,64,69,79)(H2,67,68,78);15-16,20,25-27H,1-14,17-19,21H2,(H,40,46)(H,42,47)(H,48,49)(H,50,51)(H,52,53)(H,54,55)(H4,38,39,41)(H2,43,44,56)/t43?,44-,45-;25?,26-,27-/m00/s1. The highest BCUT2D eigenvalue weighted by atomic mass is 127. The molecule has 18 N–H and O–H groups in total. The number of amides is 10. The number of aliphatic carboxylic acids is 4. The van der Waals surface area contributed by atoms with Gasteiger partial charge in [0, 0.05) is 82.7 Å². The van der Waals surface area contributed by atoms with Gasteiger partial charge in [-0.3, -0.25) is 49.1 Å². The summed E-state index contributed by atoms with van der Waals surface area (Å²) in [6.45, 7) is 31.3. The van der Waals surface area contributed by atoms with Crippen LogP contribution in [0.5, 0.6) is 0 Å². The Morgan fingerprint density at radius 2 is 0.683 bits per heavy atom. The van der Waals surface area contributed by atoms with E-state index in [-0.39, 0.29) is 125 Å². The van der Waals surface area contributed by atoms with Gasteiger partial charge in [-0.15, -0.1) is 0 Å². The van der Waals surface area contributed by atoms with Gasteiger partial charge in [0.05, 0.1) is 13.1 Å². The number of halogens is 2. The number of esters is 4. The quantitative estimate of drug-likeness (QED) is 0.00556. The topological polar surface area (TPSA) is 643 Å². The monoisotopic (exact) mass is 2230 g/mol. The van der Waals surface area contributed by atoms with Crippen molar-refractivity contribution in [2.24, 2.45) is 16.5 Å². The Morgan fingerprint density at radius 3 is 1.06 bits per heavy atom. The first-order valence-electron chi connectivity index (χ1n) is 48.2. The Hall–Kier alpha value is -11.1. The highest BCUT2D eigenvalue weighted by molar-refractivity contribution is 14.1. The van der Waals surface area contributed by atoms with Crippen molar-refractivity contribution in [2.45, 2.75) is 413 Å². The number of alkyl carbamates (subject to hydrolysis) is 1. The molecule has 0 heterocycles. The number of carbonyl (C=O) groups excluding carboxylic acids is 14. The maximum atomic E-state index is 13.3. The molecule has 0 aliphatic rings. The van der Waals surface area contributed by atoms with E-state index in [2.05, 4.69) is 98.0 Å². The van der Waals surface area contributed by atoms with Crippen molar-refractivity contribution in [1.82, 2.24) is 52.8 Å². The number of urea groups is 2. The molecule has 44 heteroatoms. The second kappa shape index (κ2) is 65.2. The highest BCUT2D eigenvalue weighted by Crippen LogP contribution is 2.25. The lowest BCUT2D eigenvalue weighted by atomic mass is 10.0. The van der Waals surface area contributed by atoms with Crippen LogP contribution in [0.4, 0.5) is 19.2 Å². The lowest BCUT2D eigenvalue weighted by Gasteiger charge is -2.28. The molecular formula is C98H156I2N14O28. The highest BCUT2D eigenvalue weighted by Gasteiger charge is 2.35. The van der Waals surface area contributed by atoms with Gasteiger partial charge in [-0.05, 0) is 296 Å². The van der Waals surface area contributed by atoms with Crippen LogP contribution in [0.3, 0.4) is 0 Å². The summed E-state index contributed by atoms with van der Waals surface area (Å²) >= 11 is 4.18. The fourth-order valence-corrected chi connectivity index (χ4v) is 14.6. The van der Waals surface area contributed by atoms with Gasteiger partial charge < -0.3 is 103 Å². The third kappa shape index (κ3) is 63.7. The predicted molar refractivity (Wildman–Crippen MR) is 545 cm³/mol. The smallest absolute Gasteiger partial charge is 0.417 e. The van der Waals surface area contributed by atoms with E-state index in [9.17, 15) is 96.5 Å². The Morgan fingerprint density at radius 1 is 0.366 bits per heavy atom. The third-order valence-electron chi connectivity index (χ3n) is 20.0. The Balaban J connectivity index is 0.00000155. The molecule has 800 valence electrons. The van der Waals surface area contributed by atoms with Gasteiger partial charge in [-0.2, -0.15) is 0 Å². The molecule has 2 aromatic carbocycles. The van der Waals surface area contributed by atoms with E-state index in [1.165, 1.54) is 0 Å². The number of benzene rings is 2. The van der Waals surface area contributed by atoms with Gasteiger partial charge in [0.25, 0.3) is 0 Å². The van der Waals surface area contributed by atoms with Crippen molar-refractivity contribution in [3.8, 4) is 0 Å². The molecule has 42 nitrogen and oxygen atoms in total. The lowest BCUT2D eigenvalue weighted by molar-refractivity contribution is -0.160. The van der Waals surface area contributed by atoms with E-state index in [0.29, 0.717) is 162 Å². The van der Waals surface area contributed by atoms with E-state index in [4.69, 9.17) is 55.5 Å². The fourth-order valence-electron chi connectivity index (χ4n) is 13.2. The number of ether oxygens (including phenoxy) is 6. The maximum Gasteiger partial charge on any atom is 0.417 e. The molecule has 0 bridgehead atoms. The average Bonchev–Trinajstić information content (AvgIpc) is 0.820. The van der Waals surface area contributed by atoms with Crippen LogP contribution in [0.15, 0.2) is 41.4 Å². The van der Waals surface area contributed by atoms with Crippen molar-refractivity contribution < 1.29 is 135 Å².